The molecule has 0 saturated heterocycles. The number of halogens is 1. The van der Waals surface area contributed by atoms with Gasteiger partial charge < -0.3 is 10.5 Å². The molecule has 1 rings (SSSR count). The fourth-order valence-corrected chi connectivity index (χ4v) is 0.848. The molecule has 6 nitrogen and oxygen atoms in total. The van der Waals surface area contributed by atoms with E-state index in [1.165, 1.54) is 18.2 Å². The van der Waals surface area contributed by atoms with Crippen LogP contribution >= 0.6 is 12.4 Å². The number of amidine groups is 1. The molecule has 0 amide bonds. The van der Waals surface area contributed by atoms with Gasteiger partial charge in [0.25, 0.3) is 5.69 Å². The van der Waals surface area contributed by atoms with Crippen LogP contribution in [0.3, 0.4) is 0 Å². The minimum Gasteiger partial charge on any atom is -0.485 e. The Morgan fingerprint density at radius 2 is 2.27 bits per heavy atom. The predicted molar refractivity (Wildman–Crippen MR) is 57.8 cm³/mol. The molecule has 1 aromatic rings. The van der Waals surface area contributed by atoms with Gasteiger partial charge >= 0.3 is 0 Å². The van der Waals surface area contributed by atoms with Crippen molar-refractivity contribution in [3.05, 3.63) is 34.4 Å². The van der Waals surface area contributed by atoms with Gasteiger partial charge in [0.15, 0.2) is 0 Å². The van der Waals surface area contributed by atoms with Crippen molar-refractivity contribution in [1.29, 1.82) is 5.41 Å². The van der Waals surface area contributed by atoms with Gasteiger partial charge in [-0.1, -0.05) is 6.07 Å². The average molecular weight is 232 g/mol. The summed E-state index contributed by atoms with van der Waals surface area (Å²) in [6.07, 6.45) is 0. The first-order valence-electron chi connectivity index (χ1n) is 3.80. The van der Waals surface area contributed by atoms with Crippen molar-refractivity contribution in [1.82, 2.24) is 0 Å². The van der Waals surface area contributed by atoms with Crippen molar-refractivity contribution in [2.24, 2.45) is 5.73 Å². The van der Waals surface area contributed by atoms with Crippen LogP contribution in [-0.2, 0) is 0 Å². The number of nitro benzene ring substituents is 1. The number of nitro groups is 1. The maximum Gasteiger partial charge on any atom is 0.273 e. The smallest absolute Gasteiger partial charge is 0.273 e. The molecule has 0 aliphatic heterocycles. The molecule has 0 aliphatic carbocycles. The van der Waals surface area contributed by atoms with E-state index in [0.29, 0.717) is 5.75 Å². The van der Waals surface area contributed by atoms with E-state index in [1.807, 2.05) is 0 Å². The summed E-state index contributed by atoms with van der Waals surface area (Å²) in [5.41, 5.74) is 5.01. The third-order valence-electron chi connectivity index (χ3n) is 1.42. The molecular weight excluding hydrogens is 222 g/mol. The number of hydrogen-bond acceptors (Lipinski definition) is 4. The molecule has 7 heteroatoms. The molecule has 3 N–H and O–H groups in total. The number of hydrogen-bond donors (Lipinski definition) is 2. The Bertz CT molecular complexity index is 370. The molecule has 0 spiro atoms. The molecule has 1 aromatic carbocycles. The van der Waals surface area contributed by atoms with E-state index >= 15 is 0 Å². The van der Waals surface area contributed by atoms with Gasteiger partial charge in [-0.3, -0.25) is 15.5 Å². The first kappa shape index (κ1) is 13.2. The summed E-state index contributed by atoms with van der Waals surface area (Å²) >= 11 is 0. The Labute approximate surface area is 92.1 Å². The number of nitrogens with one attached hydrogen (secondary N) is 1. The molecule has 0 bridgehead atoms. The number of rotatable bonds is 4. The summed E-state index contributed by atoms with van der Waals surface area (Å²) < 4.78 is 5.00. The Balaban J connectivity index is 0.00000196. The van der Waals surface area contributed by atoms with Crippen LogP contribution < -0.4 is 10.5 Å². The van der Waals surface area contributed by atoms with E-state index < -0.39 is 4.92 Å². The lowest BCUT2D eigenvalue weighted by atomic mass is 10.3. The number of nitrogens with zero attached hydrogens (tertiary/aromatic N) is 1. The molecule has 0 aromatic heterocycles. The zero-order valence-corrected chi connectivity index (χ0v) is 8.49. The van der Waals surface area contributed by atoms with Gasteiger partial charge in [0, 0.05) is 6.07 Å². The van der Waals surface area contributed by atoms with Gasteiger partial charge in [-0.05, 0) is 6.07 Å². The maximum atomic E-state index is 10.4. The highest BCUT2D eigenvalue weighted by atomic mass is 35.5. The molecule has 0 saturated carbocycles. The second-order valence-electron chi connectivity index (χ2n) is 2.57. The van der Waals surface area contributed by atoms with E-state index in [4.69, 9.17) is 15.9 Å². The van der Waals surface area contributed by atoms with Crippen molar-refractivity contribution < 1.29 is 9.66 Å². The van der Waals surface area contributed by atoms with Crippen LogP contribution in [-0.4, -0.2) is 17.4 Å². The summed E-state index contributed by atoms with van der Waals surface area (Å²) in [5.74, 6) is 0.200. The molecule has 0 radical (unpaired) electrons. The highest BCUT2D eigenvalue weighted by molar-refractivity contribution is 5.85. The highest BCUT2D eigenvalue weighted by Gasteiger charge is 2.05. The largest absolute Gasteiger partial charge is 0.485 e. The van der Waals surface area contributed by atoms with Crippen LogP contribution in [0.25, 0.3) is 0 Å². The van der Waals surface area contributed by atoms with E-state index in [0.717, 1.165) is 0 Å². The summed E-state index contributed by atoms with van der Waals surface area (Å²) in [4.78, 5) is 9.86. The van der Waals surface area contributed by atoms with Gasteiger partial charge in [0.2, 0.25) is 0 Å². The number of nitrogens with two attached hydrogens (primary N) is 1. The van der Waals surface area contributed by atoms with Gasteiger partial charge in [0.1, 0.15) is 18.2 Å². The minimum atomic E-state index is -0.513. The summed E-state index contributed by atoms with van der Waals surface area (Å²) in [6.45, 7) is -0.0683. The molecular formula is C8H10ClN3O3. The molecule has 0 atom stereocenters. The lowest BCUT2D eigenvalue weighted by molar-refractivity contribution is -0.384. The average Bonchev–Trinajstić information content (AvgIpc) is 2.15. The fourth-order valence-electron chi connectivity index (χ4n) is 0.848. The summed E-state index contributed by atoms with van der Waals surface area (Å²) in [7, 11) is 0. The van der Waals surface area contributed by atoms with E-state index in [-0.39, 0.29) is 30.5 Å². The van der Waals surface area contributed by atoms with E-state index in [2.05, 4.69) is 0 Å². The number of ether oxygens (including phenoxy) is 1. The second kappa shape index (κ2) is 5.82. The standard InChI is InChI=1S/C8H9N3O3.ClH/c9-8(10)5-14-7-3-1-2-6(4-7)11(12)13;/h1-4H,5H2,(H3,9,10);1H. The Morgan fingerprint density at radius 1 is 1.60 bits per heavy atom. The molecule has 0 unspecified atom stereocenters. The van der Waals surface area contributed by atoms with Gasteiger partial charge in [-0.2, -0.15) is 0 Å². The Kier molecular flexibility index (Phi) is 5.11. The molecule has 15 heavy (non-hydrogen) atoms. The second-order valence-corrected chi connectivity index (χ2v) is 2.57. The molecule has 0 heterocycles. The topological polar surface area (TPSA) is 102 Å². The third-order valence-corrected chi connectivity index (χ3v) is 1.42. The van der Waals surface area contributed by atoms with Crippen molar-refractivity contribution in [2.45, 2.75) is 0 Å². The summed E-state index contributed by atoms with van der Waals surface area (Å²) in [5, 5.41) is 17.3. The predicted octanol–water partition coefficient (Wildman–Crippen LogP) is 1.33. The fraction of sp³-hybridized carbons (Fsp3) is 0.125. The van der Waals surface area contributed by atoms with Crippen molar-refractivity contribution >= 4 is 23.9 Å². The van der Waals surface area contributed by atoms with Crippen molar-refractivity contribution in [3.8, 4) is 5.75 Å². The molecule has 0 fully saturated rings. The van der Waals surface area contributed by atoms with Crippen LogP contribution in [0, 0.1) is 15.5 Å². The van der Waals surface area contributed by atoms with Crippen LogP contribution in [0.2, 0.25) is 0 Å². The quantitative estimate of drug-likeness (QED) is 0.353. The number of non-ortho nitro benzene ring substituents is 1. The third kappa shape index (κ3) is 4.28. The summed E-state index contributed by atoms with van der Waals surface area (Å²) in [6, 6.07) is 5.72. The van der Waals surface area contributed by atoms with E-state index in [1.54, 1.807) is 6.07 Å². The van der Waals surface area contributed by atoms with Crippen molar-refractivity contribution in [3.63, 3.8) is 0 Å². The highest BCUT2D eigenvalue weighted by Crippen LogP contribution is 2.18. The normalized spacial score (nSPS) is 8.80. The first-order valence-corrected chi connectivity index (χ1v) is 3.80. The van der Waals surface area contributed by atoms with Gasteiger partial charge in [-0.15, -0.1) is 12.4 Å². The first-order chi connectivity index (χ1) is 6.59. The zero-order valence-electron chi connectivity index (χ0n) is 7.67. The minimum absolute atomic E-state index is 0. The Morgan fingerprint density at radius 3 is 2.80 bits per heavy atom. The SMILES string of the molecule is Cl.N=C(N)COc1cccc([N+](=O)[O-])c1. The maximum absolute atomic E-state index is 10.4. The van der Waals surface area contributed by atoms with Gasteiger partial charge in [-0.25, -0.2) is 0 Å². The van der Waals surface area contributed by atoms with E-state index in [9.17, 15) is 10.1 Å². The molecule has 0 aliphatic rings. The Hall–Kier alpha value is -1.82. The lowest BCUT2D eigenvalue weighted by Gasteiger charge is -2.03. The van der Waals surface area contributed by atoms with Crippen LogP contribution in [0.4, 0.5) is 5.69 Å². The van der Waals surface area contributed by atoms with Crippen molar-refractivity contribution in [2.75, 3.05) is 6.61 Å². The zero-order chi connectivity index (χ0) is 10.6. The molecule has 82 valence electrons. The lowest BCUT2D eigenvalue weighted by Crippen LogP contribution is -2.19. The van der Waals surface area contributed by atoms with Crippen LogP contribution in [0.1, 0.15) is 0 Å². The van der Waals surface area contributed by atoms with Crippen LogP contribution in [0.15, 0.2) is 24.3 Å². The van der Waals surface area contributed by atoms with Gasteiger partial charge in [0.05, 0.1) is 11.0 Å². The monoisotopic (exact) mass is 231 g/mol. The number of benzene rings is 1. The van der Waals surface area contributed by atoms with Crippen LogP contribution in [0.5, 0.6) is 5.75 Å².